The number of hydrogen-bond acceptors (Lipinski definition) is 4. The van der Waals surface area contributed by atoms with Gasteiger partial charge in [0.2, 0.25) is 0 Å². The zero-order valence-corrected chi connectivity index (χ0v) is 24.2. The average molecular weight is 533 g/mol. The molecule has 0 bridgehead atoms. The number of hydrogen-bond donors (Lipinski definition) is 1. The third-order valence-corrected chi connectivity index (χ3v) is 13.0. The van der Waals surface area contributed by atoms with Gasteiger partial charge in [-0.15, -0.1) is 0 Å². The van der Waals surface area contributed by atoms with Crippen LogP contribution in [0.2, 0.25) is 0 Å². The Balaban J connectivity index is 1.35. The maximum Gasteiger partial charge on any atom is 0.337 e. The van der Waals surface area contributed by atoms with Crippen LogP contribution in [0.25, 0.3) is 5.57 Å². The van der Waals surface area contributed by atoms with E-state index in [1.165, 1.54) is 7.11 Å². The normalized spacial score (nSPS) is 42.3. The van der Waals surface area contributed by atoms with Crippen molar-refractivity contribution in [2.45, 2.75) is 85.5 Å². The first kappa shape index (κ1) is 26.8. The summed E-state index contributed by atoms with van der Waals surface area (Å²) in [6, 6.07) is 7.48. The van der Waals surface area contributed by atoms with Gasteiger partial charge in [0.05, 0.1) is 18.1 Å². The van der Waals surface area contributed by atoms with E-state index in [1.807, 2.05) is 18.2 Å². The lowest BCUT2D eigenvalue weighted by Gasteiger charge is -2.67. The summed E-state index contributed by atoms with van der Waals surface area (Å²) < 4.78 is 4.86. The van der Waals surface area contributed by atoms with Crippen LogP contribution in [0.1, 0.15) is 101 Å². The van der Waals surface area contributed by atoms with Gasteiger partial charge in [-0.05, 0) is 121 Å². The highest BCUT2D eigenvalue weighted by Crippen LogP contribution is 2.72. The number of allylic oxidation sites excluding steroid dienone is 2. The molecule has 0 heterocycles. The molecule has 4 saturated carbocycles. The minimum Gasteiger partial charge on any atom is -0.481 e. The highest BCUT2D eigenvalue weighted by molar-refractivity contribution is 6.04. The molecule has 4 fully saturated rings. The van der Waals surface area contributed by atoms with Crippen molar-refractivity contribution < 1.29 is 24.2 Å². The Hall–Kier alpha value is -2.43. The summed E-state index contributed by atoms with van der Waals surface area (Å²) in [6.07, 6.45) is 10.9. The number of benzene rings is 1. The maximum absolute atomic E-state index is 14.3. The largest absolute Gasteiger partial charge is 0.481 e. The number of carbonyl (C=O) groups is 3. The van der Waals surface area contributed by atoms with Gasteiger partial charge >= 0.3 is 11.9 Å². The number of esters is 1. The Morgan fingerprint density at radius 1 is 0.872 bits per heavy atom. The highest BCUT2D eigenvalue weighted by Gasteiger charge is 2.68. The summed E-state index contributed by atoms with van der Waals surface area (Å²) in [6.45, 7) is 9.33. The molecule has 39 heavy (non-hydrogen) atoms. The molecule has 0 radical (unpaired) electrons. The van der Waals surface area contributed by atoms with Crippen molar-refractivity contribution in [2.24, 2.45) is 51.2 Å². The van der Waals surface area contributed by atoms with Crippen LogP contribution in [0, 0.1) is 51.2 Å². The van der Waals surface area contributed by atoms with E-state index in [2.05, 4.69) is 27.7 Å². The molecule has 1 N–H and O–H groups in total. The van der Waals surface area contributed by atoms with E-state index in [4.69, 9.17) is 4.74 Å². The first-order chi connectivity index (χ1) is 18.4. The molecule has 5 aliphatic rings. The van der Waals surface area contributed by atoms with Crippen LogP contribution < -0.4 is 0 Å². The Labute approximate surface area is 232 Å². The van der Waals surface area contributed by atoms with Crippen LogP contribution in [0.3, 0.4) is 0 Å². The zero-order valence-electron chi connectivity index (χ0n) is 24.2. The number of ether oxygens (including phenoxy) is 1. The minimum absolute atomic E-state index is 0.0701. The van der Waals surface area contributed by atoms with Crippen LogP contribution in [-0.4, -0.2) is 29.9 Å². The van der Waals surface area contributed by atoms with Crippen LogP contribution in [0.4, 0.5) is 0 Å². The number of carboxylic acids is 1. The first-order valence-electron chi connectivity index (χ1n) is 15.1. The second-order valence-electron chi connectivity index (χ2n) is 14.5. The van der Waals surface area contributed by atoms with Gasteiger partial charge in [-0.1, -0.05) is 46.2 Å². The van der Waals surface area contributed by atoms with Crippen LogP contribution in [-0.2, 0) is 14.3 Å². The molecule has 5 nitrogen and oxygen atoms in total. The fourth-order valence-electron chi connectivity index (χ4n) is 11.3. The molecule has 5 heteroatoms. The van der Waals surface area contributed by atoms with Gasteiger partial charge in [0, 0.05) is 5.41 Å². The molecular weight excluding hydrogens is 488 g/mol. The van der Waals surface area contributed by atoms with Crippen molar-refractivity contribution in [3.8, 4) is 0 Å². The molecule has 0 aliphatic heterocycles. The molecule has 0 spiro atoms. The van der Waals surface area contributed by atoms with Crippen molar-refractivity contribution in [3.63, 3.8) is 0 Å². The number of fused-ring (bicyclic) bond motifs is 7. The first-order valence-corrected chi connectivity index (χ1v) is 15.1. The summed E-state index contributed by atoms with van der Waals surface area (Å²) in [4.78, 5) is 38.8. The highest BCUT2D eigenvalue weighted by atomic mass is 16.5. The summed E-state index contributed by atoms with van der Waals surface area (Å²) >= 11 is 0. The quantitative estimate of drug-likeness (QED) is 0.417. The fourth-order valence-corrected chi connectivity index (χ4v) is 11.3. The molecule has 210 valence electrons. The van der Waals surface area contributed by atoms with Crippen LogP contribution in [0.15, 0.2) is 30.3 Å². The van der Waals surface area contributed by atoms with Gasteiger partial charge in [-0.3, -0.25) is 9.59 Å². The third-order valence-electron chi connectivity index (χ3n) is 13.0. The Bertz CT molecular complexity index is 1240. The smallest absolute Gasteiger partial charge is 0.337 e. The molecule has 8 atom stereocenters. The van der Waals surface area contributed by atoms with Crippen molar-refractivity contribution in [1.29, 1.82) is 0 Å². The number of carbonyl (C=O) groups excluding carboxylic acids is 2. The van der Waals surface area contributed by atoms with E-state index >= 15 is 0 Å². The summed E-state index contributed by atoms with van der Waals surface area (Å²) in [7, 11) is 1.39. The molecule has 0 aromatic heterocycles. The van der Waals surface area contributed by atoms with Gasteiger partial charge in [0.25, 0.3) is 0 Å². The van der Waals surface area contributed by atoms with Crippen molar-refractivity contribution in [1.82, 2.24) is 0 Å². The van der Waals surface area contributed by atoms with E-state index in [0.29, 0.717) is 29.2 Å². The molecular formula is C34H44O5. The van der Waals surface area contributed by atoms with E-state index in [1.54, 1.807) is 12.1 Å². The molecule has 6 rings (SSSR count). The SMILES string of the molecule is COC(=O)c1ccc(C2=CC(=O)[C@@]3(C)C(CC[C@@]4(C)C5CC[C@@]6(C(=O)O)CCC[C@@H]6[C@H]5CCC43)C2(C)C)cc1. The van der Waals surface area contributed by atoms with Gasteiger partial charge < -0.3 is 9.84 Å². The number of carboxylic acid groups (broad SMARTS) is 1. The number of ketones is 1. The monoisotopic (exact) mass is 532 g/mol. The lowest BCUT2D eigenvalue weighted by atomic mass is 9.36. The van der Waals surface area contributed by atoms with E-state index in [0.717, 1.165) is 68.9 Å². The Morgan fingerprint density at radius 2 is 1.59 bits per heavy atom. The van der Waals surface area contributed by atoms with E-state index in [9.17, 15) is 19.5 Å². The summed E-state index contributed by atoms with van der Waals surface area (Å²) in [5.74, 6) is 1.18. The number of methoxy groups -OCH3 is 1. The zero-order chi connectivity index (χ0) is 28.0. The van der Waals surface area contributed by atoms with Crippen LogP contribution in [0.5, 0.6) is 0 Å². The van der Waals surface area contributed by atoms with Gasteiger partial charge in [0.1, 0.15) is 0 Å². The lowest BCUT2D eigenvalue weighted by Crippen LogP contribution is -2.63. The minimum atomic E-state index is -0.562. The summed E-state index contributed by atoms with van der Waals surface area (Å²) in [5.41, 5.74) is 1.53. The molecule has 1 aromatic carbocycles. The fraction of sp³-hybridized carbons (Fsp3) is 0.676. The number of aliphatic carboxylic acids is 1. The second kappa shape index (κ2) is 8.78. The van der Waals surface area contributed by atoms with Crippen LogP contribution >= 0.6 is 0 Å². The topological polar surface area (TPSA) is 80.7 Å². The number of rotatable bonds is 3. The third kappa shape index (κ3) is 3.46. The summed E-state index contributed by atoms with van der Waals surface area (Å²) in [5, 5.41) is 10.3. The predicted molar refractivity (Wildman–Crippen MR) is 150 cm³/mol. The van der Waals surface area contributed by atoms with Crippen molar-refractivity contribution in [3.05, 3.63) is 41.5 Å². The van der Waals surface area contributed by atoms with Crippen molar-refractivity contribution >= 4 is 23.3 Å². The molecule has 0 saturated heterocycles. The lowest BCUT2D eigenvalue weighted by molar-refractivity contribution is -0.189. The second-order valence-corrected chi connectivity index (χ2v) is 14.5. The predicted octanol–water partition coefficient (Wildman–Crippen LogP) is 7.20. The molecule has 1 aromatic rings. The van der Waals surface area contributed by atoms with Gasteiger partial charge in [0.15, 0.2) is 5.78 Å². The van der Waals surface area contributed by atoms with Crippen molar-refractivity contribution in [2.75, 3.05) is 7.11 Å². The molecule has 5 aliphatic carbocycles. The standard InChI is InChI=1S/C34H44O5/c1-31(2)25(20-8-10-21(11-9-20)29(36)39-5)19-28(35)33(4)26(31)15-17-32(3)23-14-18-34(30(37)38)16-6-7-24(34)22(23)12-13-27(32)33/h8-11,19,22-24,26-27H,6-7,12-18H2,1-5H3,(H,37,38)/t22-,23?,24+,26?,27?,32-,33-,34-/m0/s1. The molecule has 3 unspecified atom stereocenters. The van der Waals surface area contributed by atoms with E-state index in [-0.39, 0.29) is 28.5 Å². The average Bonchev–Trinajstić information content (AvgIpc) is 3.36. The maximum atomic E-state index is 14.3. The molecule has 0 amide bonds. The van der Waals surface area contributed by atoms with E-state index < -0.39 is 16.8 Å². The van der Waals surface area contributed by atoms with Gasteiger partial charge in [-0.2, -0.15) is 0 Å². The Kier molecular flexibility index (Phi) is 6.03. The Morgan fingerprint density at radius 3 is 2.26 bits per heavy atom. The van der Waals surface area contributed by atoms with Gasteiger partial charge in [-0.25, -0.2) is 4.79 Å².